The topological polar surface area (TPSA) is 35.6 Å². The minimum absolute atomic E-state index is 0.141. The Hall–Kier alpha value is -1.26. The van der Waals surface area contributed by atoms with Gasteiger partial charge in [-0.15, -0.1) is 0 Å². The van der Waals surface area contributed by atoms with Crippen molar-refractivity contribution < 1.29 is 4.79 Å². The molecule has 21 heavy (non-hydrogen) atoms. The predicted octanol–water partition coefficient (Wildman–Crippen LogP) is 2.97. The largest absolute Gasteiger partial charge is 0.372 e. The molecule has 1 amide bonds. The lowest BCUT2D eigenvalue weighted by Crippen LogP contribution is -2.48. The van der Waals surface area contributed by atoms with Gasteiger partial charge in [0.1, 0.15) is 6.04 Å². The van der Waals surface area contributed by atoms with Crippen LogP contribution in [0.25, 0.3) is 0 Å². The fourth-order valence-corrected chi connectivity index (χ4v) is 3.33. The highest BCUT2D eigenvalue weighted by Gasteiger charge is 2.29. The summed E-state index contributed by atoms with van der Waals surface area (Å²) >= 11 is 6.06. The lowest BCUT2D eigenvalue weighted by molar-refractivity contribution is -0.119. The number of amides is 1. The van der Waals surface area contributed by atoms with Gasteiger partial charge in [-0.1, -0.05) is 18.0 Å². The number of nitrogens with zero attached hydrogens (tertiary/aromatic N) is 2. The predicted molar refractivity (Wildman–Crippen MR) is 87.2 cm³/mol. The monoisotopic (exact) mass is 307 g/mol. The van der Waals surface area contributed by atoms with E-state index < -0.39 is 0 Å². The molecule has 0 aromatic heterocycles. The fourth-order valence-electron chi connectivity index (χ4n) is 3.16. The molecular weight excluding hydrogens is 286 g/mol. The van der Waals surface area contributed by atoms with Gasteiger partial charge in [0.25, 0.3) is 0 Å². The van der Waals surface area contributed by atoms with Gasteiger partial charge in [-0.25, -0.2) is 0 Å². The second-order valence-electron chi connectivity index (χ2n) is 5.92. The summed E-state index contributed by atoms with van der Waals surface area (Å²) in [6.07, 6.45) is 3.89. The Kier molecular flexibility index (Phi) is 4.36. The van der Waals surface area contributed by atoms with E-state index >= 15 is 0 Å². The van der Waals surface area contributed by atoms with E-state index in [1.807, 2.05) is 30.0 Å². The molecule has 2 aliphatic rings. The van der Waals surface area contributed by atoms with Gasteiger partial charge in [0.05, 0.1) is 11.4 Å². The first kappa shape index (κ1) is 14.7. The molecule has 114 valence electrons. The molecule has 1 aromatic rings. The minimum atomic E-state index is -0.197. The van der Waals surface area contributed by atoms with Gasteiger partial charge in [-0.05, 0) is 51.1 Å². The number of carbonyl (C=O) groups is 1. The summed E-state index contributed by atoms with van der Waals surface area (Å²) in [6, 6.07) is 5.48. The number of hydrogen-bond acceptors (Lipinski definition) is 3. The van der Waals surface area contributed by atoms with Gasteiger partial charge in [-0.3, -0.25) is 4.79 Å². The first-order valence-corrected chi connectivity index (χ1v) is 8.13. The lowest BCUT2D eigenvalue weighted by Gasteiger charge is -2.36. The molecule has 2 heterocycles. The number of piperidine rings is 1. The number of nitrogens with one attached hydrogen (secondary N) is 1. The third-order valence-corrected chi connectivity index (χ3v) is 4.58. The Morgan fingerprint density at radius 3 is 2.76 bits per heavy atom. The van der Waals surface area contributed by atoms with Crippen LogP contribution in [0.3, 0.4) is 0 Å². The maximum Gasteiger partial charge on any atom is 0.249 e. The molecule has 0 radical (unpaired) electrons. The van der Waals surface area contributed by atoms with Gasteiger partial charge < -0.3 is 15.1 Å². The first-order valence-electron chi connectivity index (χ1n) is 7.75. The zero-order valence-electron chi connectivity index (χ0n) is 12.4. The Bertz CT molecular complexity index is 528. The summed E-state index contributed by atoms with van der Waals surface area (Å²) in [5.74, 6) is 0.141. The van der Waals surface area contributed by atoms with Crippen molar-refractivity contribution in [1.29, 1.82) is 0 Å². The SMILES string of the molecule is CC1Nc2cc(Cl)ccc2N(CCN2CCCCC2)C1=O. The molecule has 3 rings (SSSR count). The summed E-state index contributed by atoms with van der Waals surface area (Å²) in [6.45, 7) is 5.91. The third kappa shape index (κ3) is 3.16. The maximum absolute atomic E-state index is 12.5. The molecular formula is C16H22ClN3O. The number of halogens is 1. The van der Waals surface area contributed by atoms with Crippen molar-refractivity contribution in [3.05, 3.63) is 23.2 Å². The second kappa shape index (κ2) is 6.24. The van der Waals surface area contributed by atoms with E-state index in [9.17, 15) is 4.79 Å². The molecule has 2 aliphatic heterocycles. The van der Waals surface area contributed by atoms with E-state index in [0.29, 0.717) is 5.02 Å². The van der Waals surface area contributed by atoms with E-state index in [0.717, 1.165) is 37.6 Å². The van der Waals surface area contributed by atoms with Crippen LogP contribution < -0.4 is 10.2 Å². The fraction of sp³-hybridized carbons (Fsp3) is 0.562. The van der Waals surface area contributed by atoms with Crippen LogP contribution in [0.4, 0.5) is 11.4 Å². The molecule has 5 heteroatoms. The number of anilines is 2. The highest BCUT2D eigenvalue weighted by atomic mass is 35.5. The molecule has 1 saturated heterocycles. The van der Waals surface area contributed by atoms with Crippen LogP contribution in [0, 0.1) is 0 Å². The lowest BCUT2D eigenvalue weighted by atomic mass is 10.1. The Balaban J connectivity index is 1.75. The van der Waals surface area contributed by atoms with Crippen molar-refractivity contribution in [2.24, 2.45) is 0 Å². The summed E-state index contributed by atoms with van der Waals surface area (Å²) in [5.41, 5.74) is 1.90. The minimum Gasteiger partial charge on any atom is -0.372 e. The van der Waals surface area contributed by atoms with Crippen LogP contribution in [0.2, 0.25) is 5.02 Å². The number of hydrogen-bond donors (Lipinski definition) is 1. The molecule has 1 fully saturated rings. The van der Waals surface area contributed by atoms with Crippen molar-refractivity contribution >= 4 is 28.9 Å². The molecule has 1 aromatic carbocycles. The first-order chi connectivity index (χ1) is 10.1. The third-order valence-electron chi connectivity index (χ3n) is 4.35. The number of likely N-dealkylation sites (tertiary alicyclic amines) is 1. The smallest absolute Gasteiger partial charge is 0.249 e. The molecule has 0 bridgehead atoms. The van der Waals surface area contributed by atoms with Crippen molar-refractivity contribution in [2.75, 3.05) is 36.4 Å². The van der Waals surface area contributed by atoms with E-state index in [1.54, 1.807) is 0 Å². The quantitative estimate of drug-likeness (QED) is 0.932. The van der Waals surface area contributed by atoms with Gasteiger partial charge in [-0.2, -0.15) is 0 Å². The molecule has 0 spiro atoms. The summed E-state index contributed by atoms with van der Waals surface area (Å²) in [4.78, 5) is 16.8. The van der Waals surface area contributed by atoms with Crippen molar-refractivity contribution in [3.8, 4) is 0 Å². The molecule has 1 N–H and O–H groups in total. The van der Waals surface area contributed by atoms with E-state index in [-0.39, 0.29) is 11.9 Å². The van der Waals surface area contributed by atoms with Gasteiger partial charge in [0.2, 0.25) is 5.91 Å². The standard InChI is InChI=1S/C16H22ClN3O/c1-12-16(21)20(10-9-19-7-3-2-4-8-19)15-6-5-13(17)11-14(15)18-12/h5-6,11-12,18H,2-4,7-10H2,1H3. The Morgan fingerprint density at radius 1 is 1.24 bits per heavy atom. The second-order valence-corrected chi connectivity index (χ2v) is 6.36. The number of benzene rings is 1. The number of carbonyl (C=O) groups excluding carboxylic acids is 1. The molecule has 0 saturated carbocycles. The Labute approximate surface area is 131 Å². The highest BCUT2D eigenvalue weighted by molar-refractivity contribution is 6.31. The molecule has 0 aliphatic carbocycles. The van der Waals surface area contributed by atoms with Crippen LogP contribution in [0.1, 0.15) is 26.2 Å². The van der Waals surface area contributed by atoms with Crippen molar-refractivity contribution in [2.45, 2.75) is 32.2 Å². The maximum atomic E-state index is 12.5. The normalized spacial score (nSPS) is 22.9. The molecule has 1 unspecified atom stereocenters. The zero-order valence-corrected chi connectivity index (χ0v) is 13.2. The molecule has 1 atom stereocenters. The molecule has 4 nitrogen and oxygen atoms in total. The number of rotatable bonds is 3. The summed E-state index contributed by atoms with van der Waals surface area (Å²) in [5, 5.41) is 3.92. The highest BCUT2D eigenvalue weighted by Crippen LogP contribution is 2.33. The average Bonchev–Trinajstić information content (AvgIpc) is 2.49. The van der Waals surface area contributed by atoms with Crippen molar-refractivity contribution in [1.82, 2.24) is 4.90 Å². The van der Waals surface area contributed by atoms with Crippen LogP contribution in [-0.2, 0) is 4.79 Å². The van der Waals surface area contributed by atoms with Crippen LogP contribution in [0.15, 0.2) is 18.2 Å². The summed E-state index contributed by atoms with van der Waals surface area (Å²) < 4.78 is 0. The van der Waals surface area contributed by atoms with Crippen LogP contribution in [0.5, 0.6) is 0 Å². The van der Waals surface area contributed by atoms with Gasteiger partial charge in [0.15, 0.2) is 0 Å². The summed E-state index contributed by atoms with van der Waals surface area (Å²) in [7, 11) is 0. The zero-order chi connectivity index (χ0) is 14.8. The van der Waals surface area contributed by atoms with Crippen molar-refractivity contribution in [3.63, 3.8) is 0 Å². The number of fused-ring (bicyclic) bond motifs is 1. The van der Waals surface area contributed by atoms with E-state index in [1.165, 1.54) is 19.3 Å². The Morgan fingerprint density at radius 2 is 2.00 bits per heavy atom. The van der Waals surface area contributed by atoms with E-state index in [2.05, 4.69) is 10.2 Å². The van der Waals surface area contributed by atoms with E-state index in [4.69, 9.17) is 11.6 Å². The van der Waals surface area contributed by atoms with Crippen LogP contribution >= 0.6 is 11.6 Å². The van der Waals surface area contributed by atoms with Gasteiger partial charge >= 0.3 is 0 Å². The van der Waals surface area contributed by atoms with Gasteiger partial charge in [0, 0.05) is 18.1 Å². The average molecular weight is 308 g/mol. The van der Waals surface area contributed by atoms with Crippen LogP contribution in [-0.4, -0.2) is 43.0 Å².